The average molecular weight is 338 g/mol. The van der Waals surface area contributed by atoms with Gasteiger partial charge in [-0.05, 0) is 43.2 Å². The zero-order chi connectivity index (χ0) is 17.8. The molecule has 0 unspecified atom stereocenters. The third-order valence-electron chi connectivity index (χ3n) is 4.27. The van der Waals surface area contributed by atoms with Gasteiger partial charge in [0.05, 0.1) is 24.4 Å². The van der Waals surface area contributed by atoms with E-state index >= 15 is 0 Å². The predicted molar refractivity (Wildman–Crippen MR) is 98.0 cm³/mol. The molecule has 130 valence electrons. The number of anilines is 2. The standard InChI is InChI=1S/C20H22N2O3/c1-3-14-9-11-15(12-10-14)22-19(23)13-17(20(22)24)21-16-7-5-6-8-18(16)25-4-2/h5-12,17,21H,3-4,13H2,1-2H3/t17-/m1/s1. The molecule has 1 aliphatic rings. The van der Waals surface area contributed by atoms with Crippen LogP contribution in [0.5, 0.6) is 5.75 Å². The molecule has 0 radical (unpaired) electrons. The Kier molecular flexibility index (Phi) is 5.03. The smallest absolute Gasteiger partial charge is 0.256 e. The number of carbonyl (C=O) groups excluding carboxylic acids is 2. The second-order valence-corrected chi connectivity index (χ2v) is 5.92. The number of imide groups is 1. The van der Waals surface area contributed by atoms with Crippen LogP contribution >= 0.6 is 0 Å². The van der Waals surface area contributed by atoms with Crippen LogP contribution in [-0.4, -0.2) is 24.5 Å². The van der Waals surface area contributed by atoms with Crippen molar-refractivity contribution in [3.63, 3.8) is 0 Å². The van der Waals surface area contributed by atoms with Crippen LogP contribution in [-0.2, 0) is 16.0 Å². The monoisotopic (exact) mass is 338 g/mol. The molecule has 1 aliphatic heterocycles. The van der Waals surface area contributed by atoms with Gasteiger partial charge in [-0.3, -0.25) is 9.59 Å². The third kappa shape index (κ3) is 3.50. The van der Waals surface area contributed by atoms with E-state index < -0.39 is 6.04 Å². The van der Waals surface area contributed by atoms with Gasteiger partial charge in [-0.15, -0.1) is 0 Å². The molecule has 0 saturated carbocycles. The van der Waals surface area contributed by atoms with Gasteiger partial charge in [-0.25, -0.2) is 4.90 Å². The third-order valence-corrected chi connectivity index (χ3v) is 4.27. The van der Waals surface area contributed by atoms with Gasteiger partial charge in [-0.1, -0.05) is 31.2 Å². The summed E-state index contributed by atoms with van der Waals surface area (Å²) < 4.78 is 5.57. The molecule has 0 aliphatic carbocycles. The number of hydrogen-bond donors (Lipinski definition) is 1. The molecule has 25 heavy (non-hydrogen) atoms. The first-order chi connectivity index (χ1) is 12.1. The van der Waals surface area contributed by atoms with E-state index in [0.717, 1.165) is 12.1 Å². The van der Waals surface area contributed by atoms with Gasteiger partial charge in [0.25, 0.3) is 5.91 Å². The molecule has 1 N–H and O–H groups in total. The Labute approximate surface area is 147 Å². The summed E-state index contributed by atoms with van der Waals surface area (Å²) in [4.78, 5) is 26.4. The van der Waals surface area contributed by atoms with Crippen LogP contribution in [0.1, 0.15) is 25.8 Å². The van der Waals surface area contributed by atoms with Crippen molar-refractivity contribution in [1.82, 2.24) is 0 Å². The zero-order valence-electron chi connectivity index (χ0n) is 14.5. The number of ether oxygens (including phenoxy) is 1. The second kappa shape index (κ2) is 7.38. The summed E-state index contributed by atoms with van der Waals surface area (Å²) in [6, 6.07) is 14.4. The van der Waals surface area contributed by atoms with Crippen LogP contribution < -0.4 is 15.0 Å². The Morgan fingerprint density at radius 1 is 1.08 bits per heavy atom. The largest absolute Gasteiger partial charge is 0.492 e. The van der Waals surface area contributed by atoms with Gasteiger partial charge in [0.2, 0.25) is 5.91 Å². The van der Waals surface area contributed by atoms with Gasteiger partial charge in [0.15, 0.2) is 0 Å². The Bertz CT molecular complexity index is 771. The van der Waals surface area contributed by atoms with Crippen LogP contribution in [0.15, 0.2) is 48.5 Å². The zero-order valence-corrected chi connectivity index (χ0v) is 14.5. The molecule has 2 aromatic carbocycles. The van der Waals surface area contributed by atoms with Crippen LogP contribution in [0.4, 0.5) is 11.4 Å². The Hall–Kier alpha value is -2.82. The fraction of sp³-hybridized carbons (Fsp3) is 0.300. The van der Waals surface area contributed by atoms with Crippen molar-refractivity contribution < 1.29 is 14.3 Å². The highest BCUT2D eigenvalue weighted by Gasteiger charge is 2.39. The molecule has 2 amide bonds. The lowest BCUT2D eigenvalue weighted by Crippen LogP contribution is -2.34. The molecule has 0 bridgehead atoms. The highest BCUT2D eigenvalue weighted by Crippen LogP contribution is 2.29. The number of carbonyl (C=O) groups is 2. The molecular weight excluding hydrogens is 316 g/mol. The van der Waals surface area contributed by atoms with E-state index in [1.54, 1.807) is 0 Å². The first-order valence-electron chi connectivity index (χ1n) is 8.58. The van der Waals surface area contributed by atoms with Gasteiger partial charge < -0.3 is 10.1 Å². The van der Waals surface area contributed by atoms with Crippen LogP contribution in [0.3, 0.4) is 0 Å². The van der Waals surface area contributed by atoms with Crippen LogP contribution in [0.2, 0.25) is 0 Å². The van der Waals surface area contributed by atoms with E-state index in [4.69, 9.17) is 4.74 Å². The lowest BCUT2D eigenvalue weighted by atomic mass is 10.1. The normalized spacial score (nSPS) is 17.0. The summed E-state index contributed by atoms with van der Waals surface area (Å²) in [5.41, 5.74) is 2.51. The fourth-order valence-corrected chi connectivity index (χ4v) is 2.95. The topological polar surface area (TPSA) is 58.6 Å². The minimum Gasteiger partial charge on any atom is -0.492 e. The summed E-state index contributed by atoms with van der Waals surface area (Å²) in [7, 11) is 0. The predicted octanol–water partition coefficient (Wildman–Crippen LogP) is 3.39. The lowest BCUT2D eigenvalue weighted by Gasteiger charge is -2.18. The van der Waals surface area contributed by atoms with Gasteiger partial charge in [-0.2, -0.15) is 0 Å². The molecule has 1 saturated heterocycles. The molecule has 3 rings (SSSR count). The van der Waals surface area contributed by atoms with Crippen molar-refractivity contribution in [3.05, 3.63) is 54.1 Å². The van der Waals surface area contributed by atoms with Crippen molar-refractivity contribution in [2.24, 2.45) is 0 Å². The second-order valence-electron chi connectivity index (χ2n) is 5.92. The number of aryl methyl sites for hydroxylation is 1. The Morgan fingerprint density at radius 3 is 2.48 bits per heavy atom. The van der Waals surface area contributed by atoms with Crippen molar-refractivity contribution in [1.29, 1.82) is 0 Å². The SMILES string of the molecule is CCOc1ccccc1N[C@@H]1CC(=O)N(c2ccc(CC)cc2)C1=O. The highest BCUT2D eigenvalue weighted by atomic mass is 16.5. The number of para-hydroxylation sites is 2. The number of nitrogens with zero attached hydrogens (tertiary/aromatic N) is 1. The maximum Gasteiger partial charge on any atom is 0.256 e. The van der Waals surface area contributed by atoms with E-state index in [1.165, 1.54) is 10.5 Å². The quantitative estimate of drug-likeness (QED) is 0.820. The summed E-state index contributed by atoms with van der Waals surface area (Å²) in [6.45, 7) is 4.51. The number of rotatable bonds is 6. The fourth-order valence-electron chi connectivity index (χ4n) is 2.95. The Morgan fingerprint density at radius 2 is 1.80 bits per heavy atom. The molecule has 5 nitrogen and oxygen atoms in total. The van der Waals surface area contributed by atoms with E-state index in [-0.39, 0.29) is 18.2 Å². The summed E-state index contributed by atoms with van der Waals surface area (Å²) >= 11 is 0. The molecule has 1 heterocycles. The number of benzene rings is 2. The van der Waals surface area contributed by atoms with Crippen molar-refractivity contribution in [2.75, 3.05) is 16.8 Å². The number of amides is 2. The van der Waals surface area contributed by atoms with Crippen molar-refractivity contribution in [2.45, 2.75) is 32.7 Å². The average Bonchev–Trinajstić information content (AvgIpc) is 2.90. The lowest BCUT2D eigenvalue weighted by molar-refractivity contribution is -0.121. The Balaban J connectivity index is 1.79. The minimum atomic E-state index is -0.583. The first-order valence-corrected chi connectivity index (χ1v) is 8.58. The van der Waals surface area contributed by atoms with Crippen LogP contribution in [0, 0.1) is 0 Å². The van der Waals surface area contributed by atoms with Crippen LogP contribution in [0.25, 0.3) is 0 Å². The van der Waals surface area contributed by atoms with Crippen molar-refractivity contribution in [3.8, 4) is 5.75 Å². The molecule has 2 aromatic rings. The van der Waals surface area contributed by atoms with Gasteiger partial charge >= 0.3 is 0 Å². The molecular formula is C20H22N2O3. The van der Waals surface area contributed by atoms with E-state index in [0.29, 0.717) is 18.0 Å². The van der Waals surface area contributed by atoms with E-state index in [2.05, 4.69) is 12.2 Å². The van der Waals surface area contributed by atoms with Gasteiger partial charge in [0, 0.05) is 0 Å². The summed E-state index contributed by atoms with van der Waals surface area (Å²) in [5.74, 6) is 0.247. The van der Waals surface area contributed by atoms with E-state index in [9.17, 15) is 9.59 Å². The first kappa shape index (κ1) is 17.0. The number of nitrogens with one attached hydrogen (secondary N) is 1. The summed E-state index contributed by atoms with van der Waals surface area (Å²) in [5, 5.41) is 3.16. The molecule has 5 heteroatoms. The molecule has 1 atom stereocenters. The highest BCUT2D eigenvalue weighted by molar-refractivity contribution is 6.23. The summed E-state index contributed by atoms with van der Waals surface area (Å²) in [6.07, 6.45) is 1.05. The van der Waals surface area contributed by atoms with Gasteiger partial charge in [0.1, 0.15) is 11.8 Å². The number of hydrogen-bond acceptors (Lipinski definition) is 4. The van der Waals surface area contributed by atoms with E-state index in [1.807, 2.05) is 55.5 Å². The molecule has 0 aromatic heterocycles. The molecule has 0 spiro atoms. The minimum absolute atomic E-state index is 0.134. The maximum absolute atomic E-state index is 12.7. The molecule has 1 fully saturated rings. The van der Waals surface area contributed by atoms with Crippen molar-refractivity contribution >= 4 is 23.2 Å². The maximum atomic E-state index is 12.7.